The van der Waals surface area contributed by atoms with Crippen LogP contribution in [0.3, 0.4) is 0 Å². The molecule has 3 rings (SSSR count). The largest absolute Gasteiger partial charge is 0.465 e. The Balaban J connectivity index is 1.67. The molecule has 0 amide bonds. The van der Waals surface area contributed by atoms with E-state index in [-0.39, 0.29) is 5.15 Å². The average Bonchev–Trinajstić information content (AvgIpc) is 3.14. The summed E-state index contributed by atoms with van der Waals surface area (Å²) in [4.78, 5) is 16.0. The van der Waals surface area contributed by atoms with E-state index >= 15 is 0 Å². The SMILES string of the molecule is COC(=O)c1sc(NC2CC2c2ccccc2)nc1Cl. The van der Waals surface area contributed by atoms with Crippen LogP contribution in [0.15, 0.2) is 30.3 Å². The van der Waals surface area contributed by atoms with Gasteiger partial charge in [-0.3, -0.25) is 0 Å². The number of nitrogens with one attached hydrogen (secondary N) is 1. The minimum atomic E-state index is -0.448. The second kappa shape index (κ2) is 5.42. The Hall–Kier alpha value is -1.59. The minimum absolute atomic E-state index is 0.196. The number of hydrogen-bond donors (Lipinski definition) is 1. The van der Waals surface area contributed by atoms with Gasteiger partial charge in [0.25, 0.3) is 0 Å². The van der Waals surface area contributed by atoms with Crippen LogP contribution in [-0.2, 0) is 4.74 Å². The Bertz CT molecular complexity index is 629. The highest BCUT2D eigenvalue weighted by Gasteiger charge is 2.39. The summed E-state index contributed by atoms with van der Waals surface area (Å²) in [5.41, 5.74) is 1.32. The van der Waals surface area contributed by atoms with Crippen LogP contribution in [0.1, 0.15) is 27.6 Å². The maximum Gasteiger partial charge on any atom is 0.351 e. The van der Waals surface area contributed by atoms with Gasteiger partial charge in [-0.25, -0.2) is 9.78 Å². The van der Waals surface area contributed by atoms with Gasteiger partial charge in [-0.15, -0.1) is 0 Å². The van der Waals surface area contributed by atoms with Crippen molar-refractivity contribution in [1.82, 2.24) is 4.98 Å². The van der Waals surface area contributed by atoms with Crippen molar-refractivity contribution < 1.29 is 9.53 Å². The van der Waals surface area contributed by atoms with E-state index < -0.39 is 5.97 Å². The van der Waals surface area contributed by atoms with Crippen LogP contribution < -0.4 is 5.32 Å². The lowest BCUT2D eigenvalue weighted by Gasteiger charge is -2.01. The van der Waals surface area contributed by atoms with Crippen LogP contribution >= 0.6 is 22.9 Å². The molecule has 2 atom stereocenters. The summed E-state index contributed by atoms with van der Waals surface area (Å²) < 4.78 is 4.66. The van der Waals surface area contributed by atoms with Gasteiger partial charge in [0.1, 0.15) is 0 Å². The van der Waals surface area contributed by atoms with Crippen molar-refractivity contribution >= 4 is 34.0 Å². The molecule has 6 heteroatoms. The number of esters is 1. The summed E-state index contributed by atoms with van der Waals surface area (Å²) >= 11 is 7.16. The Morgan fingerprint density at radius 1 is 1.45 bits per heavy atom. The van der Waals surface area contributed by atoms with E-state index in [1.54, 1.807) is 0 Å². The molecule has 1 aliphatic carbocycles. The number of carbonyl (C=O) groups excluding carboxylic acids is 1. The molecule has 1 heterocycles. The summed E-state index contributed by atoms with van der Waals surface area (Å²) in [6.07, 6.45) is 1.06. The smallest absolute Gasteiger partial charge is 0.351 e. The molecule has 1 aromatic heterocycles. The third-order valence-corrected chi connectivity index (χ3v) is 4.64. The lowest BCUT2D eigenvalue weighted by Crippen LogP contribution is -2.03. The topological polar surface area (TPSA) is 51.2 Å². The zero-order valence-corrected chi connectivity index (χ0v) is 12.4. The van der Waals surface area contributed by atoms with Crippen LogP contribution in [0.4, 0.5) is 5.13 Å². The lowest BCUT2D eigenvalue weighted by molar-refractivity contribution is 0.0606. The quantitative estimate of drug-likeness (QED) is 0.878. The maximum absolute atomic E-state index is 11.5. The van der Waals surface area contributed by atoms with Crippen molar-refractivity contribution in [2.75, 3.05) is 12.4 Å². The molecular formula is C14H13ClN2O2S. The third-order valence-electron chi connectivity index (χ3n) is 3.28. The molecule has 2 unspecified atom stereocenters. The van der Waals surface area contributed by atoms with Gasteiger partial charge in [-0.05, 0) is 12.0 Å². The summed E-state index contributed by atoms with van der Waals surface area (Å²) in [7, 11) is 1.33. The Morgan fingerprint density at radius 3 is 2.90 bits per heavy atom. The van der Waals surface area contributed by atoms with Gasteiger partial charge in [0.05, 0.1) is 7.11 Å². The zero-order chi connectivity index (χ0) is 14.1. The monoisotopic (exact) mass is 308 g/mol. The molecule has 1 fully saturated rings. The summed E-state index contributed by atoms with van der Waals surface area (Å²) in [5.74, 6) is 0.0522. The van der Waals surface area contributed by atoms with Crippen molar-refractivity contribution in [2.45, 2.75) is 18.4 Å². The van der Waals surface area contributed by atoms with Gasteiger partial charge in [0, 0.05) is 12.0 Å². The highest BCUT2D eigenvalue weighted by Crippen LogP contribution is 2.43. The van der Waals surface area contributed by atoms with Crippen molar-refractivity contribution in [1.29, 1.82) is 0 Å². The van der Waals surface area contributed by atoms with E-state index in [1.807, 2.05) is 18.2 Å². The highest BCUT2D eigenvalue weighted by molar-refractivity contribution is 7.18. The molecule has 0 spiro atoms. The predicted molar refractivity (Wildman–Crippen MR) is 79.7 cm³/mol. The summed E-state index contributed by atoms with van der Waals surface area (Å²) in [6.45, 7) is 0. The molecule has 1 aliphatic rings. The Morgan fingerprint density at radius 2 is 2.20 bits per heavy atom. The first-order valence-corrected chi connectivity index (χ1v) is 7.44. The fraction of sp³-hybridized carbons (Fsp3) is 0.286. The standard InChI is InChI=1S/C14H13ClN2O2S/c1-19-13(18)11-12(15)17-14(20-11)16-10-7-9(10)8-5-3-2-4-6-8/h2-6,9-10H,7H2,1H3,(H,16,17). The molecule has 0 saturated heterocycles. The molecule has 0 bridgehead atoms. The molecule has 0 radical (unpaired) electrons. The van der Waals surface area contributed by atoms with E-state index in [9.17, 15) is 4.79 Å². The lowest BCUT2D eigenvalue weighted by atomic mass is 10.1. The molecule has 2 aromatic rings. The first-order chi connectivity index (χ1) is 9.69. The van der Waals surface area contributed by atoms with Crippen molar-refractivity contribution in [3.8, 4) is 0 Å². The summed E-state index contributed by atoms with van der Waals surface area (Å²) in [5, 5.41) is 4.18. The molecule has 1 N–H and O–H groups in total. The van der Waals surface area contributed by atoms with Crippen LogP contribution in [0.2, 0.25) is 5.15 Å². The number of thiazole rings is 1. The molecular weight excluding hydrogens is 296 g/mol. The van der Waals surface area contributed by atoms with Crippen molar-refractivity contribution in [2.24, 2.45) is 0 Å². The van der Waals surface area contributed by atoms with Gasteiger partial charge in [-0.2, -0.15) is 0 Å². The van der Waals surface area contributed by atoms with E-state index in [0.717, 1.165) is 6.42 Å². The average molecular weight is 309 g/mol. The number of nitrogens with zero attached hydrogens (tertiary/aromatic N) is 1. The minimum Gasteiger partial charge on any atom is -0.465 e. The fourth-order valence-electron chi connectivity index (χ4n) is 2.16. The molecule has 1 saturated carbocycles. The van der Waals surface area contributed by atoms with E-state index in [1.165, 1.54) is 24.0 Å². The van der Waals surface area contributed by atoms with Gasteiger partial charge in [0.2, 0.25) is 0 Å². The number of carbonyl (C=O) groups is 1. The maximum atomic E-state index is 11.5. The number of ether oxygens (including phenoxy) is 1. The van der Waals surface area contributed by atoms with Crippen molar-refractivity contribution in [3.63, 3.8) is 0 Å². The van der Waals surface area contributed by atoms with E-state index in [4.69, 9.17) is 11.6 Å². The molecule has 1 aromatic carbocycles. The molecule has 0 aliphatic heterocycles. The number of rotatable bonds is 4. The Kier molecular flexibility index (Phi) is 3.63. The van der Waals surface area contributed by atoms with Gasteiger partial charge < -0.3 is 10.1 Å². The normalized spacial score (nSPS) is 20.5. The van der Waals surface area contributed by atoms with Crippen LogP contribution in [-0.4, -0.2) is 24.1 Å². The molecule has 104 valence electrons. The van der Waals surface area contributed by atoms with E-state index in [2.05, 4.69) is 27.2 Å². The fourth-order valence-corrected chi connectivity index (χ4v) is 3.33. The van der Waals surface area contributed by atoms with Crippen LogP contribution in [0.5, 0.6) is 0 Å². The number of anilines is 1. The zero-order valence-electron chi connectivity index (χ0n) is 10.8. The summed E-state index contributed by atoms with van der Waals surface area (Å²) in [6, 6.07) is 10.7. The molecule has 4 nitrogen and oxygen atoms in total. The van der Waals surface area contributed by atoms with Crippen molar-refractivity contribution in [3.05, 3.63) is 45.9 Å². The number of benzene rings is 1. The number of hydrogen-bond acceptors (Lipinski definition) is 5. The van der Waals surface area contributed by atoms with Gasteiger partial charge >= 0.3 is 5.97 Å². The number of methoxy groups -OCH3 is 1. The second-order valence-corrected chi connectivity index (χ2v) is 5.99. The second-order valence-electron chi connectivity index (χ2n) is 4.63. The van der Waals surface area contributed by atoms with Gasteiger partial charge in [-0.1, -0.05) is 53.3 Å². The van der Waals surface area contributed by atoms with Gasteiger partial charge in [0.15, 0.2) is 15.2 Å². The third kappa shape index (κ3) is 2.64. The highest BCUT2D eigenvalue weighted by atomic mass is 35.5. The first kappa shape index (κ1) is 13.4. The first-order valence-electron chi connectivity index (χ1n) is 6.25. The number of aromatic nitrogens is 1. The van der Waals surface area contributed by atoms with E-state index in [0.29, 0.717) is 22.0 Å². The number of halogens is 1. The van der Waals surface area contributed by atoms with Crippen LogP contribution in [0, 0.1) is 0 Å². The van der Waals surface area contributed by atoms with Crippen LogP contribution in [0.25, 0.3) is 0 Å². The predicted octanol–water partition coefficient (Wildman–Crippen LogP) is 3.55. The molecule has 20 heavy (non-hydrogen) atoms. The Labute approximate surface area is 125 Å².